The molecule has 96 valence electrons. The second-order valence-electron chi connectivity index (χ2n) is 2.57. The van der Waals surface area contributed by atoms with E-state index in [1.165, 1.54) is 0 Å². The molecule has 0 aromatic rings. The molecule has 0 saturated carbocycles. The summed E-state index contributed by atoms with van der Waals surface area (Å²) in [4.78, 5) is 11.0. The van der Waals surface area contributed by atoms with E-state index in [1.54, 1.807) is 35.8 Å². The van der Waals surface area contributed by atoms with Crippen LogP contribution in [0.5, 0.6) is 0 Å². The predicted octanol–water partition coefficient (Wildman–Crippen LogP) is 1.45. The van der Waals surface area contributed by atoms with Crippen LogP contribution in [-0.4, -0.2) is 30.2 Å². The number of allylic oxidation sites excluding steroid dienone is 4. The molecule has 5 nitrogen and oxygen atoms in total. The predicted molar refractivity (Wildman–Crippen MR) is 71.8 cm³/mol. The van der Waals surface area contributed by atoms with Crippen molar-refractivity contribution in [1.82, 2.24) is 5.32 Å². The highest BCUT2D eigenvalue weighted by atomic mass is 32.1. The molecule has 0 heterocycles. The van der Waals surface area contributed by atoms with Crippen LogP contribution in [-0.2, 0) is 9.47 Å². The smallest absolute Gasteiger partial charge is 0.409 e. The largest absolute Gasteiger partial charge is 0.445 e. The van der Waals surface area contributed by atoms with Crippen LogP contribution in [0.15, 0.2) is 35.8 Å². The van der Waals surface area contributed by atoms with E-state index in [2.05, 4.69) is 35.3 Å². The summed E-state index contributed by atoms with van der Waals surface area (Å²) in [5.74, 6) is 0. The Morgan fingerprint density at radius 3 is 2.71 bits per heavy atom. The van der Waals surface area contributed by atoms with Crippen LogP contribution in [0.1, 0.15) is 0 Å². The third-order valence-corrected chi connectivity index (χ3v) is 1.64. The molecule has 0 bridgehead atoms. The van der Waals surface area contributed by atoms with Gasteiger partial charge >= 0.3 is 6.09 Å². The summed E-state index contributed by atoms with van der Waals surface area (Å²) < 4.78 is 9.29. The molecule has 0 aromatic carbocycles. The number of alkyl carbamates (subject to hydrolysis) is 1. The van der Waals surface area contributed by atoms with E-state index < -0.39 is 11.7 Å². The van der Waals surface area contributed by atoms with Crippen molar-refractivity contribution in [2.45, 2.75) is 5.62 Å². The Hall–Kier alpha value is -0.890. The Morgan fingerprint density at radius 2 is 2.06 bits per heavy atom. The van der Waals surface area contributed by atoms with Gasteiger partial charge in [0.25, 0.3) is 0 Å². The van der Waals surface area contributed by atoms with Gasteiger partial charge in [0, 0.05) is 0 Å². The van der Waals surface area contributed by atoms with E-state index >= 15 is 0 Å². The first-order valence-corrected chi connectivity index (χ1v) is 5.71. The van der Waals surface area contributed by atoms with Crippen molar-refractivity contribution in [2.24, 2.45) is 0 Å². The first-order chi connectivity index (χ1) is 8.16. The van der Waals surface area contributed by atoms with E-state index in [-0.39, 0.29) is 13.3 Å². The molecule has 0 saturated heterocycles. The highest BCUT2D eigenvalue weighted by Gasteiger charge is 2.00. The van der Waals surface area contributed by atoms with Crippen LogP contribution >= 0.6 is 25.3 Å². The van der Waals surface area contributed by atoms with E-state index in [4.69, 9.17) is 9.84 Å². The van der Waals surface area contributed by atoms with Gasteiger partial charge in [-0.25, -0.2) is 4.79 Å². The van der Waals surface area contributed by atoms with E-state index in [1.807, 2.05) is 0 Å². The van der Waals surface area contributed by atoms with Gasteiger partial charge in [-0.3, -0.25) is 5.32 Å². The summed E-state index contributed by atoms with van der Waals surface area (Å²) in [6.45, 7) is -0.0238. The third kappa shape index (κ3) is 13.0. The molecule has 1 unspecified atom stereocenters. The standard InChI is InChI=1S/C10H15NO4S2/c12-9(11-8-15-10(13)17)14-6-4-2-1-3-5-7-16/h1-5,7,10,13,16-17H,6,8H2,(H,11,12)/b3-1+,4-2+,7-5+. The Balaban J connectivity index is 3.50. The highest BCUT2D eigenvalue weighted by Crippen LogP contribution is 1.89. The number of aliphatic hydroxyl groups excluding tert-OH is 1. The lowest BCUT2D eigenvalue weighted by Gasteiger charge is -2.07. The van der Waals surface area contributed by atoms with E-state index in [9.17, 15) is 4.79 Å². The molecule has 0 fully saturated rings. The Bertz CT molecular complexity index is 290. The van der Waals surface area contributed by atoms with Crippen molar-refractivity contribution in [1.29, 1.82) is 0 Å². The number of amides is 1. The first kappa shape index (κ1) is 16.1. The quantitative estimate of drug-likeness (QED) is 0.323. The van der Waals surface area contributed by atoms with Crippen molar-refractivity contribution in [3.8, 4) is 0 Å². The van der Waals surface area contributed by atoms with Crippen molar-refractivity contribution < 1.29 is 19.4 Å². The van der Waals surface area contributed by atoms with Gasteiger partial charge in [0.1, 0.15) is 13.3 Å². The molecule has 0 aliphatic carbocycles. The van der Waals surface area contributed by atoms with Crippen LogP contribution in [0.25, 0.3) is 0 Å². The van der Waals surface area contributed by atoms with Gasteiger partial charge in [0.05, 0.1) is 0 Å². The van der Waals surface area contributed by atoms with E-state index in [0.717, 1.165) is 0 Å². The third-order valence-electron chi connectivity index (χ3n) is 1.32. The Labute approximate surface area is 111 Å². The lowest BCUT2D eigenvalue weighted by atomic mass is 10.4. The maximum atomic E-state index is 11.0. The van der Waals surface area contributed by atoms with Gasteiger partial charge in [0.15, 0.2) is 0 Å². The summed E-state index contributed by atoms with van der Waals surface area (Å²) >= 11 is 7.41. The number of rotatable bonds is 7. The normalized spacial score (nSPS) is 13.6. The second-order valence-corrected chi connectivity index (χ2v) is 3.31. The van der Waals surface area contributed by atoms with Crippen LogP contribution in [0.2, 0.25) is 0 Å². The number of thiol groups is 2. The van der Waals surface area contributed by atoms with Crippen molar-refractivity contribution in [2.75, 3.05) is 13.3 Å². The molecule has 1 atom stereocenters. The summed E-state index contributed by atoms with van der Waals surface area (Å²) in [5.41, 5.74) is -1.22. The lowest BCUT2D eigenvalue weighted by Crippen LogP contribution is -2.28. The molecular formula is C10H15NO4S2. The topological polar surface area (TPSA) is 67.8 Å². The number of carbonyl (C=O) groups is 1. The fourth-order valence-electron chi connectivity index (χ4n) is 0.662. The number of hydrogen-bond acceptors (Lipinski definition) is 6. The van der Waals surface area contributed by atoms with Crippen LogP contribution in [0, 0.1) is 0 Å². The SMILES string of the molecule is O=C(NCOC(O)S)OC/C=C/C=C/C=C/S. The van der Waals surface area contributed by atoms with Gasteiger partial charge in [-0.2, -0.15) is 12.6 Å². The van der Waals surface area contributed by atoms with E-state index in [0.29, 0.717) is 0 Å². The number of ether oxygens (including phenoxy) is 2. The zero-order valence-electron chi connectivity index (χ0n) is 9.02. The van der Waals surface area contributed by atoms with Crippen molar-refractivity contribution in [3.05, 3.63) is 35.8 Å². The fraction of sp³-hybridized carbons (Fsp3) is 0.300. The lowest BCUT2D eigenvalue weighted by molar-refractivity contribution is -0.0371. The van der Waals surface area contributed by atoms with Crippen LogP contribution in [0.4, 0.5) is 4.79 Å². The molecular weight excluding hydrogens is 262 g/mol. The molecule has 1 amide bonds. The minimum atomic E-state index is -1.22. The number of nitrogens with one attached hydrogen (secondary N) is 1. The minimum Gasteiger partial charge on any atom is -0.445 e. The molecule has 17 heavy (non-hydrogen) atoms. The highest BCUT2D eigenvalue weighted by molar-refractivity contribution is 7.83. The molecule has 0 spiro atoms. The molecule has 0 aromatic heterocycles. The maximum absolute atomic E-state index is 11.0. The molecule has 2 N–H and O–H groups in total. The number of hydrogen-bond donors (Lipinski definition) is 4. The van der Waals surface area contributed by atoms with Gasteiger partial charge in [-0.05, 0) is 11.5 Å². The van der Waals surface area contributed by atoms with Gasteiger partial charge in [-0.15, -0.1) is 12.6 Å². The fourth-order valence-corrected chi connectivity index (χ4v) is 0.836. The van der Waals surface area contributed by atoms with Gasteiger partial charge in [-0.1, -0.05) is 24.3 Å². The zero-order valence-corrected chi connectivity index (χ0v) is 10.8. The summed E-state index contributed by atoms with van der Waals surface area (Å²) in [6.07, 6.45) is 8.06. The van der Waals surface area contributed by atoms with Crippen LogP contribution < -0.4 is 5.32 Å². The maximum Gasteiger partial charge on any atom is 0.409 e. The van der Waals surface area contributed by atoms with Gasteiger partial charge < -0.3 is 14.6 Å². The van der Waals surface area contributed by atoms with Crippen LogP contribution in [0.3, 0.4) is 0 Å². The molecule has 0 rings (SSSR count). The second kappa shape index (κ2) is 11.6. The molecule has 0 radical (unpaired) electrons. The molecule has 0 aliphatic rings. The number of aliphatic hydroxyl groups is 1. The zero-order chi connectivity index (χ0) is 12.9. The monoisotopic (exact) mass is 277 g/mol. The average Bonchev–Trinajstić information content (AvgIpc) is 2.27. The Kier molecular flexibility index (Phi) is 11.0. The first-order valence-electron chi connectivity index (χ1n) is 4.67. The van der Waals surface area contributed by atoms with Crippen molar-refractivity contribution in [3.63, 3.8) is 0 Å². The molecule has 7 heteroatoms. The summed E-state index contributed by atoms with van der Waals surface area (Å²) in [7, 11) is 0. The minimum absolute atomic E-state index is 0.143. The van der Waals surface area contributed by atoms with Gasteiger partial charge in [0.2, 0.25) is 5.62 Å². The van der Waals surface area contributed by atoms with Crippen molar-refractivity contribution >= 4 is 31.4 Å². The average molecular weight is 277 g/mol. The summed E-state index contributed by atoms with van der Waals surface area (Å²) in [5, 5.41) is 12.5. The summed E-state index contributed by atoms with van der Waals surface area (Å²) in [6, 6.07) is 0. The molecule has 0 aliphatic heterocycles. The Morgan fingerprint density at radius 1 is 1.35 bits per heavy atom. The number of carbonyl (C=O) groups excluding carboxylic acids is 1.